The normalized spacial score (nSPS) is 11.3. The lowest BCUT2D eigenvalue weighted by atomic mass is 10.2. The number of rotatable bonds is 1. The fourth-order valence-corrected chi connectivity index (χ4v) is 3.96. The Morgan fingerprint density at radius 1 is 1.22 bits per heavy atom. The fourth-order valence-electron chi connectivity index (χ4n) is 1.42. The van der Waals surface area contributed by atoms with E-state index in [0.717, 1.165) is 9.17 Å². The molecule has 1 aromatic heterocycles. The van der Waals surface area contributed by atoms with Crippen molar-refractivity contribution in [2.75, 3.05) is 0 Å². The third kappa shape index (κ3) is 3.65. The molecule has 2 aromatic rings. The molecule has 1 aromatic carbocycles. The Morgan fingerprint density at radius 3 is 2.39 bits per heavy atom. The molecule has 0 saturated heterocycles. The number of benzene rings is 1. The van der Waals surface area contributed by atoms with Crippen LogP contribution in [0.4, 0.5) is 13.2 Å². The molecule has 6 heteroatoms. The molecule has 0 saturated carbocycles. The van der Waals surface area contributed by atoms with Gasteiger partial charge in [-0.2, -0.15) is 13.2 Å². The van der Waals surface area contributed by atoms with E-state index in [-0.39, 0.29) is 11.8 Å². The third-order valence-electron chi connectivity index (χ3n) is 2.00. The zero-order chi connectivity index (χ0) is 13.9. The van der Waals surface area contributed by atoms with Crippen LogP contribution in [0, 0.1) is 6.92 Å². The molecule has 0 bridgehead atoms. The van der Waals surface area contributed by atoms with Gasteiger partial charge in [0.05, 0.1) is 0 Å². The number of hydrogen-bond donors (Lipinski definition) is 0. The van der Waals surface area contributed by atoms with Crippen molar-refractivity contribution in [2.45, 2.75) is 31.2 Å². The molecule has 0 amide bonds. The van der Waals surface area contributed by atoms with E-state index in [2.05, 4.69) is 15.9 Å². The van der Waals surface area contributed by atoms with Crippen molar-refractivity contribution < 1.29 is 13.2 Å². The minimum absolute atomic E-state index is 0.0382. The Kier molecular flexibility index (Phi) is 5.55. The van der Waals surface area contributed by atoms with Gasteiger partial charge in [0.1, 0.15) is 0 Å². The summed E-state index contributed by atoms with van der Waals surface area (Å²) < 4.78 is 38.9. The van der Waals surface area contributed by atoms with Crippen LogP contribution < -0.4 is 0 Å². The summed E-state index contributed by atoms with van der Waals surface area (Å²) in [6.45, 7) is 5.71. The number of halogens is 4. The van der Waals surface area contributed by atoms with Crippen LogP contribution in [-0.4, -0.2) is 5.51 Å². The standard InChI is InChI=1S/C10H6BrF3S2.C2H6/c1-5-8(16-10(12,13)14)6-3-2-4-7(11)9(6)15-5;1-2/h2-4H,1H3;1-2H3. The van der Waals surface area contributed by atoms with Crippen molar-refractivity contribution in [3.8, 4) is 0 Å². The van der Waals surface area contributed by atoms with Crippen molar-refractivity contribution in [2.24, 2.45) is 0 Å². The zero-order valence-corrected chi connectivity index (χ0v) is 13.3. The molecule has 0 N–H and O–H groups in total. The third-order valence-corrected chi connectivity index (χ3v) is 5.17. The summed E-state index contributed by atoms with van der Waals surface area (Å²) in [5, 5.41) is 0.666. The van der Waals surface area contributed by atoms with Crippen LogP contribution in [0.1, 0.15) is 18.7 Å². The van der Waals surface area contributed by atoms with Gasteiger partial charge in [-0.15, -0.1) is 11.3 Å². The quantitative estimate of drug-likeness (QED) is 0.518. The lowest BCUT2D eigenvalue weighted by molar-refractivity contribution is -0.0327. The lowest BCUT2D eigenvalue weighted by Crippen LogP contribution is -1.99. The summed E-state index contributed by atoms with van der Waals surface area (Å²) in [6, 6.07) is 5.30. The van der Waals surface area contributed by atoms with E-state index < -0.39 is 5.51 Å². The molecule has 0 aliphatic heterocycles. The zero-order valence-electron chi connectivity index (χ0n) is 10.1. The number of alkyl halides is 3. The highest BCUT2D eigenvalue weighted by Gasteiger charge is 2.31. The maximum Gasteiger partial charge on any atom is 0.446 e. The fraction of sp³-hybridized carbons (Fsp3) is 0.333. The Hall–Kier alpha value is -0.200. The van der Waals surface area contributed by atoms with E-state index in [1.165, 1.54) is 11.3 Å². The lowest BCUT2D eigenvalue weighted by Gasteiger charge is -2.05. The molecule has 0 unspecified atom stereocenters. The van der Waals surface area contributed by atoms with Crippen molar-refractivity contribution in [1.29, 1.82) is 0 Å². The maximum atomic E-state index is 12.4. The summed E-state index contributed by atoms with van der Waals surface area (Å²) in [6.07, 6.45) is 0. The van der Waals surface area contributed by atoms with Gasteiger partial charge in [-0.3, -0.25) is 0 Å². The molecular weight excluding hydrogens is 345 g/mol. The highest BCUT2D eigenvalue weighted by atomic mass is 79.9. The first-order chi connectivity index (χ1) is 8.38. The first kappa shape index (κ1) is 15.9. The van der Waals surface area contributed by atoms with Crippen molar-refractivity contribution >= 4 is 49.1 Å². The average Bonchev–Trinajstić information content (AvgIpc) is 2.59. The van der Waals surface area contributed by atoms with E-state index in [1.807, 2.05) is 19.9 Å². The second kappa shape index (κ2) is 6.30. The van der Waals surface area contributed by atoms with E-state index in [4.69, 9.17) is 0 Å². The van der Waals surface area contributed by atoms with Crippen LogP contribution in [0.25, 0.3) is 10.1 Å². The number of fused-ring (bicyclic) bond motifs is 1. The molecule has 100 valence electrons. The SMILES string of the molecule is CC.Cc1sc2c(Br)cccc2c1SC(F)(F)F. The predicted octanol–water partition coefficient (Wildman–Crippen LogP) is 6.61. The number of hydrogen-bond acceptors (Lipinski definition) is 2. The monoisotopic (exact) mass is 356 g/mol. The van der Waals surface area contributed by atoms with E-state index in [0.29, 0.717) is 15.2 Å². The average molecular weight is 357 g/mol. The first-order valence-electron chi connectivity index (χ1n) is 5.32. The minimum Gasteiger partial charge on any atom is -0.160 e. The van der Waals surface area contributed by atoms with E-state index >= 15 is 0 Å². The topological polar surface area (TPSA) is 0 Å². The van der Waals surface area contributed by atoms with Crippen molar-refractivity contribution in [3.63, 3.8) is 0 Å². The van der Waals surface area contributed by atoms with Crippen LogP contribution in [0.15, 0.2) is 27.6 Å². The van der Waals surface area contributed by atoms with Gasteiger partial charge in [-0.25, -0.2) is 0 Å². The van der Waals surface area contributed by atoms with Gasteiger partial charge in [0, 0.05) is 24.3 Å². The highest BCUT2D eigenvalue weighted by molar-refractivity contribution is 9.10. The molecule has 2 rings (SSSR count). The Bertz CT molecular complexity index is 532. The highest BCUT2D eigenvalue weighted by Crippen LogP contribution is 2.46. The van der Waals surface area contributed by atoms with Crippen LogP contribution in [0.2, 0.25) is 0 Å². The first-order valence-corrected chi connectivity index (χ1v) is 7.74. The molecule has 1 heterocycles. The molecular formula is C12H12BrF3S2. The molecule has 0 fully saturated rings. The van der Waals surface area contributed by atoms with Gasteiger partial charge in [0.2, 0.25) is 0 Å². The summed E-state index contributed by atoms with van der Waals surface area (Å²) in [7, 11) is 0. The van der Waals surface area contributed by atoms with Gasteiger partial charge in [-0.05, 0) is 40.7 Å². The Morgan fingerprint density at radius 2 is 1.83 bits per heavy atom. The van der Waals surface area contributed by atoms with Gasteiger partial charge >= 0.3 is 5.51 Å². The Balaban J connectivity index is 0.000000771. The summed E-state index contributed by atoms with van der Waals surface area (Å²) >= 11 is 4.68. The summed E-state index contributed by atoms with van der Waals surface area (Å²) in [5.41, 5.74) is -4.24. The molecule has 0 nitrogen and oxygen atoms in total. The van der Waals surface area contributed by atoms with Gasteiger partial charge in [-0.1, -0.05) is 26.0 Å². The second-order valence-electron chi connectivity index (χ2n) is 3.15. The van der Waals surface area contributed by atoms with Crippen LogP contribution in [0.5, 0.6) is 0 Å². The van der Waals surface area contributed by atoms with Crippen molar-refractivity contribution in [3.05, 3.63) is 27.5 Å². The largest absolute Gasteiger partial charge is 0.446 e. The van der Waals surface area contributed by atoms with Crippen LogP contribution in [0.3, 0.4) is 0 Å². The smallest absolute Gasteiger partial charge is 0.160 e. The van der Waals surface area contributed by atoms with Crippen LogP contribution >= 0.6 is 39.0 Å². The molecule has 0 spiro atoms. The van der Waals surface area contributed by atoms with E-state index in [9.17, 15) is 13.2 Å². The molecule has 0 atom stereocenters. The second-order valence-corrected chi connectivity index (χ2v) is 6.31. The van der Waals surface area contributed by atoms with Crippen LogP contribution in [-0.2, 0) is 0 Å². The minimum atomic E-state index is -4.24. The van der Waals surface area contributed by atoms with Gasteiger partial charge in [0.25, 0.3) is 0 Å². The molecule has 18 heavy (non-hydrogen) atoms. The predicted molar refractivity (Wildman–Crippen MR) is 77.5 cm³/mol. The summed E-state index contributed by atoms with van der Waals surface area (Å²) in [5.74, 6) is 0. The van der Waals surface area contributed by atoms with Gasteiger partial charge in [0.15, 0.2) is 0 Å². The molecule has 0 aliphatic carbocycles. The molecule has 0 aliphatic rings. The maximum absolute atomic E-state index is 12.4. The van der Waals surface area contributed by atoms with E-state index in [1.54, 1.807) is 19.1 Å². The van der Waals surface area contributed by atoms with Gasteiger partial charge < -0.3 is 0 Å². The number of thiophene rings is 1. The number of thioether (sulfide) groups is 1. The summed E-state index contributed by atoms with van der Waals surface area (Å²) in [4.78, 5) is 1.01. The van der Waals surface area contributed by atoms with Crippen molar-refractivity contribution in [1.82, 2.24) is 0 Å². The Labute approximate surface area is 121 Å². The number of aryl methyl sites for hydroxylation is 1. The molecule has 0 radical (unpaired) electrons.